The summed E-state index contributed by atoms with van der Waals surface area (Å²) in [5.41, 5.74) is 1.97. The molecule has 1 amide bonds. The van der Waals surface area contributed by atoms with Crippen molar-refractivity contribution in [2.45, 2.75) is 19.4 Å². The summed E-state index contributed by atoms with van der Waals surface area (Å²) in [6.45, 7) is 3.26. The molecular weight excluding hydrogens is 296 g/mol. The maximum absolute atomic E-state index is 12.3. The van der Waals surface area contributed by atoms with E-state index in [1.807, 2.05) is 25.1 Å². The lowest BCUT2D eigenvalue weighted by atomic mass is 10.1. The van der Waals surface area contributed by atoms with Crippen molar-refractivity contribution in [2.75, 3.05) is 24.6 Å². The predicted molar refractivity (Wildman–Crippen MR) is 74.7 cm³/mol. The quantitative estimate of drug-likeness (QED) is 0.869. The highest BCUT2D eigenvalue weighted by atomic mass is 79.9. The van der Waals surface area contributed by atoms with Crippen LogP contribution in [0.1, 0.15) is 12.0 Å². The molecule has 0 saturated carbocycles. The summed E-state index contributed by atoms with van der Waals surface area (Å²) in [6.07, 6.45) is 0.887. The largest absolute Gasteiger partial charge is 0.394 e. The molecule has 2 N–H and O–H groups in total. The van der Waals surface area contributed by atoms with E-state index in [1.54, 1.807) is 4.90 Å². The first-order valence-electron chi connectivity index (χ1n) is 6.05. The van der Waals surface area contributed by atoms with Crippen molar-refractivity contribution in [1.29, 1.82) is 0 Å². The third-order valence-corrected chi connectivity index (χ3v) is 3.64. The minimum absolute atomic E-state index is 0.0552. The Balaban J connectivity index is 2.32. The Morgan fingerprint density at radius 1 is 1.56 bits per heavy atom. The van der Waals surface area contributed by atoms with Crippen LogP contribution >= 0.6 is 15.9 Å². The monoisotopic (exact) mass is 312 g/mol. The number of carbonyl (C=O) groups is 1. The summed E-state index contributed by atoms with van der Waals surface area (Å²) in [6, 6.07) is 5.38. The maximum atomic E-state index is 12.3. The summed E-state index contributed by atoms with van der Waals surface area (Å²) in [5.74, 6) is -0.0552. The van der Waals surface area contributed by atoms with Gasteiger partial charge in [-0.15, -0.1) is 0 Å². The van der Waals surface area contributed by atoms with E-state index in [2.05, 4.69) is 21.2 Å². The Kier molecular flexibility index (Phi) is 4.37. The fraction of sp³-hybridized carbons (Fsp3) is 0.462. The van der Waals surface area contributed by atoms with Crippen LogP contribution in [-0.2, 0) is 4.79 Å². The van der Waals surface area contributed by atoms with Crippen molar-refractivity contribution in [3.63, 3.8) is 0 Å². The van der Waals surface area contributed by atoms with Crippen LogP contribution in [0, 0.1) is 6.92 Å². The van der Waals surface area contributed by atoms with Gasteiger partial charge in [0.15, 0.2) is 0 Å². The first kappa shape index (κ1) is 13.5. The number of hydrogen-bond acceptors (Lipinski definition) is 3. The molecule has 1 saturated heterocycles. The highest BCUT2D eigenvalue weighted by Crippen LogP contribution is 2.25. The number of aliphatic hydroxyl groups is 1. The number of aryl methyl sites for hydroxylation is 1. The molecule has 1 unspecified atom stereocenters. The second-order valence-electron chi connectivity index (χ2n) is 4.46. The van der Waals surface area contributed by atoms with Gasteiger partial charge in [-0.05, 0) is 43.7 Å². The fourth-order valence-corrected chi connectivity index (χ4v) is 2.68. The summed E-state index contributed by atoms with van der Waals surface area (Å²) < 4.78 is 1.00. The molecule has 5 heteroatoms. The lowest BCUT2D eigenvalue weighted by Gasteiger charge is -2.25. The van der Waals surface area contributed by atoms with Crippen molar-refractivity contribution >= 4 is 27.5 Å². The van der Waals surface area contributed by atoms with Gasteiger partial charge in [-0.25, -0.2) is 0 Å². The summed E-state index contributed by atoms with van der Waals surface area (Å²) in [5, 5.41) is 12.3. The number of benzene rings is 1. The van der Waals surface area contributed by atoms with Crippen molar-refractivity contribution in [1.82, 2.24) is 5.32 Å². The number of amides is 1. The number of nitrogens with zero attached hydrogens (tertiary/aromatic N) is 1. The molecule has 2 rings (SSSR count). The van der Waals surface area contributed by atoms with Gasteiger partial charge in [0, 0.05) is 16.7 Å². The Morgan fingerprint density at radius 3 is 3.00 bits per heavy atom. The molecule has 1 heterocycles. The van der Waals surface area contributed by atoms with Gasteiger partial charge in [0.05, 0.1) is 6.61 Å². The lowest BCUT2D eigenvalue weighted by molar-refractivity contribution is -0.121. The topological polar surface area (TPSA) is 52.6 Å². The van der Waals surface area contributed by atoms with Crippen LogP contribution < -0.4 is 10.2 Å². The molecule has 1 atom stereocenters. The van der Waals surface area contributed by atoms with Crippen LogP contribution in [0.2, 0.25) is 0 Å². The van der Waals surface area contributed by atoms with E-state index in [1.165, 1.54) is 0 Å². The molecule has 98 valence electrons. The van der Waals surface area contributed by atoms with E-state index in [9.17, 15) is 9.90 Å². The number of nitrogens with one attached hydrogen (secondary N) is 1. The van der Waals surface area contributed by atoms with Crippen LogP contribution in [0.25, 0.3) is 0 Å². The van der Waals surface area contributed by atoms with E-state index in [-0.39, 0.29) is 12.5 Å². The molecule has 1 aliphatic heterocycles. The second kappa shape index (κ2) is 5.82. The third kappa shape index (κ3) is 2.74. The Hall–Kier alpha value is -0.910. The third-order valence-electron chi connectivity index (χ3n) is 3.15. The van der Waals surface area contributed by atoms with E-state index >= 15 is 0 Å². The smallest absolute Gasteiger partial charge is 0.246 e. The number of rotatable bonds is 2. The molecule has 0 radical (unpaired) electrons. The van der Waals surface area contributed by atoms with Crippen LogP contribution in [0.3, 0.4) is 0 Å². The van der Waals surface area contributed by atoms with Crippen LogP contribution in [0.15, 0.2) is 22.7 Å². The van der Waals surface area contributed by atoms with Gasteiger partial charge >= 0.3 is 0 Å². The molecule has 0 aromatic heterocycles. The molecule has 0 spiro atoms. The fourth-order valence-electron chi connectivity index (χ4n) is 2.20. The molecule has 1 fully saturated rings. The highest BCUT2D eigenvalue weighted by Gasteiger charge is 2.27. The van der Waals surface area contributed by atoms with E-state index in [4.69, 9.17) is 0 Å². The minimum atomic E-state index is -0.490. The standard InChI is InChI=1S/C13H17BrN2O2/c1-9-7-10(14)3-4-12(9)16-6-2-5-15-11(8-17)13(16)18/h3-4,7,11,15,17H,2,5-6,8H2,1H3. The number of hydrogen-bond donors (Lipinski definition) is 2. The number of anilines is 1. The van der Waals surface area contributed by atoms with E-state index in [0.717, 1.165) is 28.7 Å². The zero-order valence-corrected chi connectivity index (χ0v) is 11.9. The Bertz CT molecular complexity index is 451. The van der Waals surface area contributed by atoms with Crippen LogP contribution in [0.4, 0.5) is 5.69 Å². The summed E-state index contributed by atoms with van der Waals surface area (Å²) in [4.78, 5) is 14.1. The maximum Gasteiger partial charge on any atom is 0.246 e. The minimum Gasteiger partial charge on any atom is -0.394 e. The molecule has 0 aliphatic carbocycles. The van der Waals surface area contributed by atoms with Gasteiger partial charge in [-0.1, -0.05) is 15.9 Å². The van der Waals surface area contributed by atoms with Gasteiger partial charge < -0.3 is 15.3 Å². The van der Waals surface area contributed by atoms with Crippen molar-refractivity contribution in [3.05, 3.63) is 28.2 Å². The van der Waals surface area contributed by atoms with Crippen molar-refractivity contribution in [2.24, 2.45) is 0 Å². The first-order chi connectivity index (χ1) is 8.63. The molecule has 4 nitrogen and oxygen atoms in total. The molecule has 18 heavy (non-hydrogen) atoms. The highest BCUT2D eigenvalue weighted by molar-refractivity contribution is 9.10. The van der Waals surface area contributed by atoms with Gasteiger partial charge in [0.25, 0.3) is 0 Å². The first-order valence-corrected chi connectivity index (χ1v) is 6.84. The Labute approximate surface area is 115 Å². The average Bonchev–Trinajstić information content (AvgIpc) is 2.52. The van der Waals surface area contributed by atoms with Gasteiger partial charge in [0.2, 0.25) is 5.91 Å². The normalized spacial score (nSPS) is 20.9. The van der Waals surface area contributed by atoms with Gasteiger partial charge in [0.1, 0.15) is 6.04 Å². The zero-order valence-electron chi connectivity index (χ0n) is 10.3. The molecule has 0 bridgehead atoms. The second-order valence-corrected chi connectivity index (χ2v) is 5.38. The lowest BCUT2D eigenvalue weighted by Crippen LogP contribution is -2.46. The zero-order chi connectivity index (χ0) is 13.1. The summed E-state index contributed by atoms with van der Waals surface area (Å²) in [7, 11) is 0. The SMILES string of the molecule is Cc1cc(Br)ccc1N1CCCNC(CO)C1=O. The molecule has 1 aliphatic rings. The van der Waals surface area contributed by atoms with Crippen molar-refractivity contribution < 1.29 is 9.90 Å². The predicted octanol–water partition coefficient (Wildman–Crippen LogP) is 1.44. The number of halogens is 1. The number of aliphatic hydroxyl groups excluding tert-OH is 1. The number of carbonyl (C=O) groups excluding carboxylic acids is 1. The van der Waals surface area contributed by atoms with Gasteiger partial charge in [-0.2, -0.15) is 0 Å². The van der Waals surface area contributed by atoms with E-state index in [0.29, 0.717) is 6.54 Å². The van der Waals surface area contributed by atoms with Crippen molar-refractivity contribution in [3.8, 4) is 0 Å². The van der Waals surface area contributed by atoms with Crippen LogP contribution in [-0.4, -0.2) is 36.8 Å². The molecule has 1 aromatic carbocycles. The van der Waals surface area contributed by atoms with E-state index < -0.39 is 6.04 Å². The van der Waals surface area contributed by atoms with Gasteiger partial charge in [-0.3, -0.25) is 4.79 Å². The summed E-state index contributed by atoms with van der Waals surface area (Å²) >= 11 is 3.42. The molecule has 1 aromatic rings. The Morgan fingerprint density at radius 2 is 2.33 bits per heavy atom. The average molecular weight is 313 g/mol. The molecular formula is C13H17BrN2O2. The van der Waals surface area contributed by atoms with Crippen LogP contribution in [0.5, 0.6) is 0 Å².